The molecule has 1 atom stereocenters. The number of aryl methyl sites for hydroxylation is 1. The zero-order valence-electron chi connectivity index (χ0n) is 25.0. The number of aromatic nitrogens is 3. The maximum Gasteiger partial charge on any atom is 0.301 e. The van der Waals surface area contributed by atoms with Gasteiger partial charge in [-0.2, -0.15) is 0 Å². The summed E-state index contributed by atoms with van der Waals surface area (Å²) in [6.07, 6.45) is 2.62. The molecule has 0 spiro atoms. The maximum absolute atomic E-state index is 13.9. The molecule has 1 aliphatic rings. The fraction of sp³-hybridized carbons (Fsp3) is 0.273. The molecule has 2 aromatic carbocycles. The molecule has 0 bridgehead atoms. The van der Waals surface area contributed by atoms with Crippen LogP contribution in [0, 0.1) is 12.8 Å². The van der Waals surface area contributed by atoms with E-state index in [1.165, 1.54) is 23.3 Å². The van der Waals surface area contributed by atoms with Crippen LogP contribution >= 0.6 is 11.3 Å². The van der Waals surface area contributed by atoms with E-state index in [4.69, 9.17) is 19.2 Å². The topological polar surface area (TPSA) is 115 Å². The molecule has 3 aromatic heterocycles. The number of methoxy groups -OCH3 is 2. The summed E-state index contributed by atoms with van der Waals surface area (Å²) in [5, 5.41) is 12.2. The Morgan fingerprint density at radius 2 is 1.84 bits per heavy atom. The molecule has 4 heterocycles. The van der Waals surface area contributed by atoms with Crippen molar-refractivity contribution in [1.29, 1.82) is 0 Å². The second kappa shape index (κ2) is 11.6. The molecule has 1 fully saturated rings. The maximum atomic E-state index is 13.9. The molecule has 1 aliphatic heterocycles. The van der Waals surface area contributed by atoms with Crippen LogP contribution in [0.5, 0.6) is 17.2 Å². The minimum absolute atomic E-state index is 0.0730. The fourth-order valence-electron chi connectivity index (χ4n) is 5.37. The third-order valence-corrected chi connectivity index (χ3v) is 8.64. The number of nitrogens with zero attached hydrogens (tertiary/aromatic N) is 4. The fourth-order valence-corrected chi connectivity index (χ4v) is 6.39. The first-order valence-corrected chi connectivity index (χ1v) is 15.0. The lowest BCUT2D eigenvalue weighted by atomic mass is 9.96. The van der Waals surface area contributed by atoms with Crippen molar-refractivity contribution in [2.45, 2.75) is 33.2 Å². The molecule has 1 N–H and O–H groups in total. The van der Waals surface area contributed by atoms with Gasteiger partial charge >= 0.3 is 5.91 Å². The largest absolute Gasteiger partial charge is 0.505 e. The highest BCUT2D eigenvalue weighted by atomic mass is 32.1. The molecule has 5 aromatic rings. The first-order valence-electron chi connectivity index (χ1n) is 14.2. The highest BCUT2D eigenvalue weighted by molar-refractivity contribution is 7.22. The number of rotatable bonds is 9. The van der Waals surface area contributed by atoms with Crippen LogP contribution in [0.4, 0.5) is 5.13 Å². The van der Waals surface area contributed by atoms with Crippen molar-refractivity contribution in [2.24, 2.45) is 5.92 Å². The average Bonchev–Trinajstić information content (AvgIpc) is 3.66. The second-order valence-electron chi connectivity index (χ2n) is 10.9. The van der Waals surface area contributed by atoms with E-state index >= 15 is 0 Å². The molecule has 1 saturated heterocycles. The number of ether oxygens (including phenoxy) is 3. The van der Waals surface area contributed by atoms with E-state index in [1.54, 1.807) is 67.1 Å². The number of thiazole rings is 1. The predicted molar refractivity (Wildman–Crippen MR) is 169 cm³/mol. The summed E-state index contributed by atoms with van der Waals surface area (Å²) in [5.74, 6) is 0.140. The van der Waals surface area contributed by atoms with Crippen molar-refractivity contribution < 1.29 is 28.9 Å². The zero-order valence-corrected chi connectivity index (χ0v) is 25.8. The zero-order chi connectivity index (χ0) is 31.1. The standard InChI is InChI=1S/C33H32N4O6S/c1-18(2)13-15-43-23-12-9-20(16-24(23)42-5)29-27(30(38)28-19(3)34-26-8-6-7-14-36(26)28)31(39)32(40)37(29)33-35-22-11-10-21(41-4)17-25(22)44-33/h6-12,14,16-18,29,38H,13,15H2,1-5H3. The molecule has 1 unspecified atom stereocenters. The van der Waals surface area contributed by atoms with Crippen molar-refractivity contribution in [1.82, 2.24) is 14.4 Å². The Labute approximate surface area is 258 Å². The molecule has 226 valence electrons. The number of carbonyl (C=O) groups excluding carboxylic acids is 2. The predicted octanol–water partition coefficient (Wildman–Crippen LogP) is 6.32. The third kappa shape index (κ3) is 5.02. The summed E-state index contributed by atoms with van der Waals surface area (Å²) >= 11 is 1.26. The number of aliphatic hydroxyl groups is 1. The molecule has 0 saturated carbocycles. The first kappa shape index (κ1) is 29.2. The Kier molecular flexibility index (Phi) is 7.73. The van der Waals surface area contributed by atoms with Gasteiger partial charge in [0.2, 0.25) is 0 Å². The van der Waals surface area contributed by atoms with Crippen LogP contribution in [0.15, 0.2) is 66.4 Å². The number of hydrogen-bond acceptors (Lipinski definition) is 9. The van der Waals surface area contributed by atoms with E-state index in [9.17, 15) is 14.7 Å². The molecule has 0 radical (unpaired) electrons. The molecule has 0 aliphatic carbocycles. The number of amides is 1. The van der Waals surface area contributed by atoms with Crippen molar-refractivity contribution in [3.63, 3.8) is 0 Å². The van der Waals surface area contributed by atoms with Gasteiger partial charge < -0.3 is 19.3 Å². The Hall–Kier alpha value is -4.90. The highest BCUT2D eigenvalue weighted by Gasteiger charge is 2.49. The van der Waals surface area contributed by atoms with E-state index in [2.05, 4.69) is 18.8 Å². The number of ketones is 1. The SMILES string of the molecule is COc1ccc2nc(N3C(=O)C(=O)C(=C(O)c4c(C)nc5ccccn45)C3c3ccc(OCCC(C)C)c(OC)c3)sc2c1. The number of anilines is 1. The van der Waals surface area contributed by atoms with Gasteiger partial charge in [0.05, 0.1) is 48.4 Å². The normalized spacial score (nSPS) is 16.4. The van der Waals surface area contributed by atoms with E-state index in [1.807, 2.05) is 12.1 Å². The summed E-state index contributed by atoms with van der Waals surface area (Å²) in [4.78, 5) is 38.3. The minimum atomic E-state index is -1.01. The van der Waals surface area contributed by atoms with Crippen molar-refractivity contribution in [2.75, 3.05) is 25.7 Å². The summed E-state index contributed by atoms with van der Waals surface area (Å²) < 4.78 is 19.5. The number of imidazole rings is 1. The minimum Gasteiger partial charge on any atom is -0.505 e. The monoisotopic (exact) mass is 612 g/mol. The van der Waals surface area contributed by atoms with Crippen molar-refractivity contribution >= 4 is 49.8 Å². The molecule has 6 rings (SSSR count). The van der Waals surface area contributed by atoms with Gasteiger partial charge in [0.25, 0.3) is 5.78 Å². The van der Waals surface area contributed by atoms with E-state index in [-0.39, 0.29) is 11.3 Å². The van der Waals surface area contributed by atoms with Crippen LogP contribution in [-0.2, 0) is 9.59 Å². The smallest absolute Gasteiger partial charge is 0.301 e. The number of benzene rings is 2. The number of aliphatic hydroxyl groups excluding tert-OH is 1. The Morgan fingerprint density at radius 3 is 2.59 bits per heavy atom. The Balaban J connectivity index is 1.54. The van der Waals surface area contributed by atoms with E-state index < -0.39 is 17.7 Å². The van der Waals surface area contributed by atoms with Gasteiger partial charge in [-0.25, -0.2) is 9.97 Å². The molecular weight excluding hydrogens is 580 g/mol. The lowest BCUT2D eigenvalue weighted by Crippen LogP contribution is -2.29. The van der Waals surface area contributed by atoms with Crippen LogP contribution in [0.25, 0.3) is 21.6 Å². The van der Waals surface area contributed by atoms with Gasteiger partial charge in [-0.05, 0) is 67.3 Å². The number of Topliss-reactive ketones (excluding diaryl/α,β-unsaturated/α-hetero) is 1. The van der Waals surface area contributed by atoms with Gasteiger partial charge in [0, 0.05) is 6.20 Å². The second-order valence-corrected chi connectivity index (χ2v) is 11.9. The van der Waals surface area contributed by atoms with E-state index in [0.29, 0.717) is 63.0 Å². The molecule has 1 amide bonds. The van der Waals surface area contributed by atoms with Crippen LogP contribution in [0.1, 0.15) is 43.3 Å². The summed E-state index contributed by atoms with van der Waals surface area (Å²) in [6.45, 7) is 6.50. The van der Waals surface area contributed by atoms with Crippen molar-refractivity contribution in [3.05, 3.63) is 83.3 Å². The Bertz CT molecular complexity index is 1940. The molecular formula is C33H32N4O6S. The van der Waals surface area contributed by atoms with Crippen LogP contribution < -0.4 is 19.1 Å². The average molecular weight is 613 g/mol. The number of pyridine rings is 1. The first-order chi connectivity index (χ1) is 21.2. The molecule has 11 heteroatoms. The van der Waals surface area contributed by atoms with Crippen molar-refractivity contribution in [3.8, 4) is 17.2 Å². The summed E-state index contributed by atoms with van der Waals surface area (Å²) in [5.41, 5.74) is 2.56. The number of carbonyl (C=O) groups is 2. The van der Waals surface area contributed by atoms with Gasteiger partial charge in [-0.3, -0.25) is 18.9 Å². The van der Waals surface area contributed by atoms with Crippen LogP contribution in [0.2, 0.25) is 0 Å². The Morgan fingerprint density at radius 1 is 1.02 bits per heavy atom. The van der Waals surface area contributed by atoms with E-state index in [0.717, 1.165) is 11.1 Å². The van der Waals surface area contributed by atoms with Crippen LogP contribution in [-0.4, -0.2) is 52.0 Å². The van der Waals surface area contributed by atoms with Crippen LogP contribution in [0.3, 0.4) is 0 Å². The molecule has 44 heavy (non-hydrogen) atoms. The van der Waals surface area contributed by atoms with Gasteiger partial charge in [-0.15, -0.1) is 0 Å². The van der Waals surface area contributed by atoms with Gasteiger partial charge in [0.1, 0.15) is 17.1 Å². The highest BCUT2D eigenvalue weighted by Crippen LogP contribution is 2.46. The lowest BCUT2D eigenvalue weighted by Gasteiger charge is -2.24. The van der Waals surface area contributed by atoms with Gasteiger partial charge in [-0.1, -0.05) is 37.3 Å². The quantitative estimate of drug-likeness (QED) is 0.117. The third-order valence-electron chi connectivity index (χ3n) is 7.62. The molecule has 10 nitrogen and oxygen atoms in total. The number of hydrogen-bond donors (Lipinski definition) is 1. The number of fused-ring (bicyclic) bond motifs is 2. The summed E-state index contributed by atoms with van der Waals surface area (Å²) in [6, 6.07) is 15.1. The van der Waals surface area contributed by atoms with Gasteiger partial charge in [0.15, 0.2) is 22.4 Å². The summed E-state index contributed by atoms with van der Waals surface area (Å²) in [7, 11) is 3.11. The lowest BCUT2D eigenvalue weighted by molar-refractivity contribution is -0.132.